The maximum Gasteiger partial charge on any atom is 0.292 e. The summed E-state index contributed by atoms with van der Waals surface area (Å²) >= 11 is 24.4. The molecule has 6 aliphatic carbocycles. The Morgan fingerprint density at radius 3 is 1.42 bits per heavy atom. The van der Waals surface area contributed by atoms with Crippen molar-refractivity contribution in [1.82, 2.24) is 10.8 Å². The Balaban J connectivity index is 0.000000134. The number of amides is 1. The predicted molar refractivity (Wildman–Crippen MR) is 476 cm³/mol. The second-order valence-corrected chi connectivity index (χ2v) is 36.5. The van der Waals surface area contributed by atoms with Gasteiger partial charge in [-0.1, -0.05) is 111 Å². The molecule has 4 unspecified atom stereocenters. The Bertz CT molecular complexity index is 4850. The number of methoxy groups -OCH3 is 5. The predicted octanol–water partition coefficient (Wildman–Crippen LogP) is 14.2. The van der Waals surface area contributed by atoms with E-state index in [0.717, 1.165) is 74.5 Å². The number of oxime groups is 3. The van der Waals surface area contributed by atoms with Gasteiger partial charge in [0.1, 0.15) is 82.3 Å². The van der Waals surface area contributed by atoms with Crippen molar-refractivity contribution in [3.63, 3.8) is 0 Å². The molecule has 1 amide bonds. The van der Waals surface area contributed by atoms with Gasteiger partial charge in [-0.15, -0.1) is 23.2 Å². The van der Waals surface area contributed by atoms with Crippen molar-refractivity contribution >= 4 is 134 Å². The number of aliphatic hydroxyl groups excluding tert-OH is 2. The molecule has 19 rings (SSSR count). The molecule has 13 aliphatic rings. The molecule has 27 nitrogen and oxygen atoms in total. The van der Waals surface area contributed by atoms with E-state index in [1.54, 1.807) is 107 Å². The summed E-state index contributed by atoms with van der Waals surface area (Å²) in [5.74, 6) is 0.117. The van der Waals surface area contributed by atoms with E-state index in [0.29, 0.717) is 88.0 Å². The number of nitrogens with two attached hydrogens (primary N) is 4. The molecule has 7 aliphatic heterocycles. The van der Waals surface area contributed by atoms with Crippen LogP contribution in [0.25, 0.3) is 0 Å². The summed E-state index contributed by atoms with van der Waals surface area (Å²) in [6.45, 7) is 5.48. The van der Waals surface area contributed by atoms with Crippen LogP contribution in [0.3, 0.4) is 0 Å². The summed E-state index contributed by atoms with van der Waals surface area (Å²) in [7, 11) is 7.84. The van der Waals surface area contributed by atoms with E-state index in [2.05, 4.69) is 119 Å². The number of nitrogens with one attached hydrogen (secondary N) is 2. The number of carbonyl (C=O) groups excluding carboxylic acids is 1. The number of nitrogens with zero attached hydrogens (tertiary/aromatic N) is 6. The molecule has 0 bridgehead atoms. The molecule has 7 heterocycles. The van der Waals surface area contributed by atoms with Crippen molar-refractivity contribution in [2.75, 3.05) is 92.7 Å². The van der Waals surface area contributed by atoms with E-state index in [1.807, 2.05) is 6.07 Å². The first-order valence-corrected chi connectivity index (χ1v) is 45.0. The summed E-state index contributed by atoms with van der Waals surface area (Å²) < 4.78 is 117. The standard InChI is InChI=1S/C20H18BrFN2O3.C13H14BrFN2O2.C13H16FN3O2.C12H13BrFNO2.C12H15BrFNO2.C6H10ClNO.C6H9NO.C5H8ClNO2/c1-26-11-20(14-9-13(21)7-8-16(14)22)15-10-17(15)27-19(24-20)23-18(25)12-5-3-2-4-6-12;1-18-6-13(8-4-7(14)2-3-10(8)15)9-5-11(9)19-12(16)17-13;1-18-6-13(8-4-7(15)2-3-10(8)14)9-5-11(9)19-12(16)17-13;1-16-6-12(9-5-11(9)17-15-12)8-4-7(13)2-3-10(8)14;1-17-6-12(15,9-5-11(9)16)8-4-7(13)2-3-10(8)14;1-2-5-3-6(4-7)9-8-5;1-2-5-4-3-6(4)8-7-5;6-2-5-1-4(3-8)7-9-5/h2-9,15,17H,10-11H2,1H3,(H,23,24,25);2-4,9,11H,5-6H2,1H3,(H2,16,17);2-4,9,11H,5-6,15H2,1H3,(H2,16,17);2-4,9,11,15H,5-6H2,1H3;2-4,9,11,16H,5-6,15H2,1H3;6H,2-4H2,1H3;4,6H,2-3H2,1H3;5,8H,1-3H2/t15-,17+,20+;2*9-,11+,13+;2*9-,11+,12+;;;/m00000.../s1. The van der Waals surface area contributed by atoms with Gasteiger partial charge in [0.15, 0.2) is 0 Å². The monoisotopic (exact) mass is 2040 g/mol. The molecule has 125 heavy (non-hydrogen) atoms. The van der Waals surface area contributed by atoms with E-state index >= 15 is 0 Å². The number of benzene rings is 6. The Kier molecular flexibility index (Phi) is 33.0. The van der Waals surface area contributed by atoms with Gasteiger partial charge in [0.2, 0.25) is 0 Å². The first-order valence-electron chi connectivity index (χ1n) is 40.7. The van der Waals surface area contributed by atoms with E-state index in [9.17, 15) is 31.9 Å². The molecule has 1 saturated heterocycles. The fourth-order valence-corrected chi connectivity index (χ4v) is 18.4. The number of amidine groups is 3. The molecule has 0 aromatic heterocycles. The van der Waals surface area contributed by atoms with Gasteiger partial charge in [-0.3, -0.25) is 14.9 Å². The minimum absolute atomic E-state index is 0.00127. The van der Waals surface area contributed by atoms with Crippen LogP contribution in [0, 0.1) is 64.6 Å². The van der Waals surface area contributed by atoms with Crippen molar-refractivity contribution in [3.05, 3.63) is 202 Å². The molecule has 0 radical (unpaired) electrons. The van der Waals surface area contributed by atoms with Crippen LogP contribution in [-0.2, 0) is 84.9 Å². The zero-order chi connectivity index (χ0) is 89.9. The molecular weight excluding hydrogens is 1940 g/mol. The van der Waals surface area contributed by atoms with Gasteiger partial charge < -0.3 is 85.6 Å². The van der Waals surface area contributed by atoms with Gasteiger partial charge >= 0.3 is 0 Å². The van der Waals surface area contributed by atoms with E-state index in [4.69, 9.17) is 108 Å². The molecule has 6 aromatic rings. The van der Waals surface area contributed by atoms with Crippen LogP contribution in [0.15, 0.2) is 170 Å². The van der Waals surface area contributed by atoms with Gasteiger partial charge in [-0.05, 0) is 154 Å². The van der Waals surface area contributed by atoms with Crippen LogP contribution in [-0.4, -0.2) is 187 Å². The van der Waals surface area contributed by atoms with Gasteiger partial charge in [0.25, 0.3) is 24.0 Å². The Morgan fingerprint density at radius 2 is 1.01 bits per heavy atom. The van der Waals surface area contributed by atoms with Crippen molar-refractivity contribution in [1.29, 1.82) is 0 Å². The van der Waals surface area contributed by atoms with Crippen LogP contribution in [0.5, 0.6) is 0 Å². The molecule has 6 saturated carbocycles. The van der Waals surface area contributed by atoms with Crippen LogP contribution in [0.4, 0.5) is 27.6 Å². The highest BCUT2D eigenvalue weighted by Crippen LogP contribution is 2.58. The van der Waals surface area contributed by atoms with E-state index < -0.39 is 33.8 Å². The number of carbonyl (C=O) groups is 1. The SMILES string of the molecule is CCC1=NOC(CCl)C1.CCC1=NOC2CC12.COC[C@@](N)(c1cc(Br)ccc1F)[C@H]1C[C@H]1O.COC[C@]1(c2cc(Br)ccc2F)N=C(N)O[C@@H]2C[C@@H]21.COC[C@]1(c2cc(Br)ccc2F)N=C(NC(=O)c2ccccc2)O[C@@H]2C[C@@H]21.COC[C@]1(c2cc(Br)ccc2F)NO[C@@H]2C[C@@H]21.COC[C@]1(c2cc(N)ccc2F)N=C(N)O[C@@H]2C[C@@H]21.OCC1=NOC(CCl)C1. The van der Waals surface area contributed by atoms with Crippen LogP contribution in [0.2, 0.25) is 0 Å². The summed E-state index contributed by atoms with van der Waals surface area (Å²) in [5, 5.41) is 32.1. The Hall–Kier alpha value is -7.24. The number of aliphatic hydroxyl groups is 2. The lowest BCUT2D eigenvalue weighted by molar-refractivity contribution is -0.0143. The lowest BCUT2D eigenvalue weighted by atomic mass is 9.85. The quantitative estimate of drug-likeness (QED) is 0.0178. The van der Waals surface area contributed by atoms with Crippen molar-refractivity contribution in [2.24, 2.45) is 83.2 Å². The smallest absolute Gasteiger partial charge is 0.292 e. The highest BCUT2D eigenvalue weighted by atomic mass is 79.9. The zero-order valence-corrected chi connectivity index (χ0v) is 77.6. The summed E-state index contributed by atoms with van der Waals surface area (Å²) in [4.78, 5) is 46.1. The second kappa shape index (κ2) is 42.5. The largest absolute Gasteiger partial charge is 0.462 e. The first kappa shape index (κ1) is 96.8. The number of hydrogen-bond donors (Lipinski definition) is 8. The molecular formula is C87H103Br4Cl2F5N12O15. The number of nitrogen functional groups attached to an aromatic ring is 1. The average Bonchev–Trinajstić information content (AvgIpc) is 1.57. The lowest BCUT2D eigenvalue weighted by Crippen LogP contribution is -2.45. The third-order valence-electron chi connectivity index (χ3n) is 23.5. The Morgan fingerprint density at radius 1 is 0.544 bits per heavy atom. The molecule has 19 atom stereocenters. The number of alkyl halides is 2. The summed E-state index contributed by atoms with van der Waals surface area (Å²) in [6.07, 6.45) is 8.99. The van der Waals surface area contributed by atoms with Gasteiger partial charge in [-0.2, -0.15) is 5.48 Å². The highest BCUT2D eigenvalue weighted by molar-refractivity contribution is 9.11. The van der Waals surface area contributed by atoms with Crippen LogP contribution >= 0.6 is 86.9 Å². The highest BCUT2D eigenvalue weighted by Gasteiger charge is 2.64. The normalized spacial score (nSPS) is 30.0. The van der Waals surface area contributed by atoms with Gasteiger partial charge in [0.05, 0.1) is 91.8 Å². The number of hydrogen-bond acceptors (Lipinski definition) is 26. The molecule has 12 N–H and O–H groups in total. The first-order chi connectivity index (χ1) is 60.0. The van der Waals surface area contributed by atoms with Crippen LogP contribution < -0.4 is 33.7 Å². The molecule has 38 heteroatoms. The molecule has 678 valence electrons. The number of hydroxylamine groups is 1. The summed E-state index contributed by atoms with van der Waals surface area (Å²) in [5.41, 5.74) is 28.7. The maximum absolute atomic E-state index is 14.7. The minimum atomic E-state index is -0.970. The number of rotatable bonds is 22. The average molecular weight is 2040 g/mol. The number of aliphatic imine (C=N–C) groups is 3. The summed E-state index contributed by atoms with van der Waals surface area (Å²) in [6, 6.07) is 32.7. The third kappa shape index (κ3) is 22.8. The zero-order valence-electron chi connectivity index (χ0n) is 69.7. The second-order valence-electron chi connectivity index (χ2n) is 32.2. The molecule has 7 fully saturated rings. The molecule has 0 spiro atoms. The van der Waals surface area contributed by atoms with Crippen molar-refractivity contribution < 1.29 is 94.2 Å². The lowest BCUT2D eigenvalue weighted by Gasteiger charge is -2.34. The fourth-order valence-electron chi connectivity index (χ4n) is 16.6. The number of ether oxygens (including phenoxy) is 8. The van der Waals surface area contributed by atoms with E-state index in [1.165, 1.54) is 55.6 Å². The van der Waals surface area contributed by atoms with Crippen molar-refractivity contribution in [2.45, 2.75) is 155 Å². The Labute approximate surface area is 765 Å². The number of fused-ring (bicyclic) bond motifs is 5. The topological polar surface area (TPSA) is 371 Å². The third-order valence-corrected chi connectivity index (χ3v) is 26.1. The maximum atomic E-state index is 14.7. The minimum Gasteiger partial charge on any atom is -0.462 e. The molecule has 6 aromatic carbocycles. The van der Waals surface area contributed by atoms with Gasteiger partial charge in [-0.25, -0.2) is 36.9 Å². The number of anilines is 1. The van der Waals surface area contributed by atoms with Crippen LogP contribution in [0.1, 0.15) is 116 Å². The number of halogens is 11. The van der Waals surface area contributed by atoms with Gasteiger partial charge in [0, 0.05) is 141 Å². The fraction of sp³-hybridized carbons (Fsp3) is 0.506. The van der Waals surface area contributed by atoms with E-state index in [-0.39, 0.29) is 146 Å². The van der Waals surface area contributed by atoms with Crippen molar-refractivity contribution in [3.8, 4) is 0 Å².